The minimum absolute atomic E-state index is 0. The first kappa shape index (κ1) is 24.5. The predicted molar refractivity (Wildman–Crippen MR) is 103 cm³/mol. The normalized spacial score (nSPS) is 36.9. The second-order valence-corrected chi connectivity index (χ2v) is 8.85. The molecule has 27 heavy (non-hydrogen) atoms. The van der Waals surface area contributed by atoms with Gasteiger partial charge in [-0.15, -0.1) is 0 Å². The summed E-state index contributed by atoms with van der Waals surface area (Å²) in [6, 6.07) is 0. The molecule has 0 aromatic rings. The molecule has 0 bridgehead atoms. The fourth-order valence-corrected chi connectivity index (χ4v) is 5.67. The third kappa shape index (κ3) is 3.82. The Hall–Kier alpha value is -0.570. The van der Waals surface area contributed by atoms with Crippen LogP contribution in [0.5, 0.6) is 0 Å². The van der Waals surface area contributed by atoms with Crippen molar-refractivity contribution in [1.82, 2.24) is 0 Å². The summed E-state index contributed by atoms with van der Waals surface area (Å²) in [5.41, 5.74) is 6.82. The third-order valence-electron chi connectivity index (χ3n) is 7.60. The summed E-state index contributed by atoms with van der Waals surface area (Å²) < 4.78 is 0. The number of allylic oxidation sites excluding steroid dienone is 10. The van der Waals surface area contributed by atoms with Crippen molar-refractivity contribution in [2.24, 2.45) is 22.7 Å². The van der Waals surface area contributed by atoms with Crippen LogP contribution in [0, 0.1) is 29.1 Å². The molecule has 1 saturated carbocycles. The van der Waals surface area contributed by atoms with Crippen LogP contribution in [0.2, 0.25) is 0 Å². The van der Waals surface area contributed by atoms with E-state index in [1.165, 1.54) is 19.3 Å². The molecule has 1 fully saturated rings. The fraction of sp³-hybridized carbons (Fsp3) is 0.542. The number of halogens is 2. The van der Waals surface area contributed by atoms with E-state index in [0.29, 0.717) is 0 Å². The molecular weight excluding hydrogens is 505 g/mol. The Morgan fingerprint density at radius 1 is 1.15 bits per heavy atom. The smallest absolute Gasteiger partial charge is 0.0106 e. The SMILES string of the molecule is CC1=C(C)C(C)(C2=CCC(C)(C3=CC=CC3)C=C2)C2[CH-]CCC2C1.[F-].[F-].[Hf]. The molecule has 0 aliphatic heterocycles. The first-order valence-corrected chi connectivity index (χ1v) is 9.71. The fourth-order valence-electron chi connectivity index (χ4n) is 5.67. The zero-order valence-electron chi connectivity index (χ0n) is 17.0. The first-order valence-electron chi connectivity index (χ1n) is 9.71. The number of hydrogen-bond donors (Lipinski definition) is 0. The van der Waals surface area contributed by atoms with Crippen LogP contribution < -0.4 is 9.41 Å². The van der Waals surface area contributed by atoms with Gasteiger partial charge in [-0.2, -0.15) is 12.3 Å². The zero-order valence-corrected chi connectivity index (χ0v) is 20.6. The van der Waals surface area contributed by atoms with Crippen molar-refractivity contribution >= 4 is 0 Å². The number of fused-ring (bicyclic) bond motifs is 1. The molecule has 0 nitrogen and oxygen atoms in total. The van der Waals surface area contributed by atoms with Crippen molar-refractivity contribution in [3.8, 4) is 0 Å². The first-order chi connectivity index (χ1) is 11.4. The van der Waals surface area contributed by atoms with Gasteiger partial charge in [-0.25, -0.2) is 0 Å². The summed E-state index contributed by atoms with van der Waals surface area (Å²) >= 11 is 0. The molecule has 0 spiro atoms. The minimum Gasteiger partial charge on any atom is -1.00 e. The summed E-state index contributed by atoms with van der Waals surface area (Å²) in [5.74, 6) is 1.59. The maximum Gasteiger partial charge on any atom is 0.0106 e. The van der Waals surface area contributed by atoms with E-state index in [1.807, 2.05) is 0 Å². The molecule has 0 radical (unpaired) electrons. The molecule has 0 heterocycles. The monoisotopic (exact) mass is 537 g/mol. The van der Waals surface area contributed by atoms with Crippen molar-refractivity contribution in [2.75, 3.05) is 0 Å². The Bertz CT molecular complexity index is 712. The van der Waals surface area contributed by atoms with E-state index < -0.39 is 0 Å². The van der Waals surface area contributed by atoms with E-state index in [-0.39, 0.29) is 46.1 Å². The largest absolute Gasteiger partial charge is 1.00 e. The van der Waals surface area contributed by atoms with Crippen LogP contribution >= 0.6 is 0 Å². The van der Waals surface area contributed by atoms with Crippen LogP contribution in [0.25, 0.3) is 0 Å². The van der Waals surface area contributed by atoms with E-state index in [2.05, 4.69) is 70.6 Å². The molecule has 0 aromatic carbocycles. The maximum absolute atomic E-state index is 2.63. The van der Waals surface area contributed by atoms with Gasteiger partial charge in [0.05, 0.1) is 0 Å². The third-order valence-corrected chi connectivity index (χ3v) is 7.60. The molecule has 3 heteroatoms. The Kier molecular flexibility index (Phi) is 8.01. The average Bonchev–Trinajstić information content (AvgIpc) is 3.25. The Morgan fingerprint density at radius 3 is 2.48 bits per heavy atom. The average molecular weight is 536 g/mol. The number of rotatable bonds is 2. The van der Waals surface area contributed by atoms with Gasteiger partial charge in [-0.3, -0.25) is 0 Å². The molecular formula is C24H31F2Hf-3. The Balaban J connectivity index is 0.00000121. The summed E-state index contributed by atoms with van der Waals surface area (Å²) in [4.78, 5) is 0. The van der Waals surface area contributed by atoms with Gasteiger partial charge in [0.25, 0.3) is 0 Å². The van der Waals surface area contributed by atoms with Crippen molar-refractivity contribution in [3.05, 3.63) is 65.2 Å². The number of hydrogen-bond acceptors (Lipinski definition) is 0. The molecule has 4 aliphatic rings. The summed E-state index contributed by atoms with van der Waals surface area (Å²) in [6.45, 7) is 9.68. The molecule has 0 saturated heterocycles. The van der Waals surface area contributed by atoms with Crippen LogP contribution in [0.3, 0.4) is 0 Å². The van der Waals surface area contributed by atoms with E-state index in [4.69, 9.17) is 0 Å². The summed E-state index contributed by atoms with van der Waals surface area (Å²) in [5, 5.41) is 0. The standard InChI is InChI=1S/C24H31.2FH.Hf/c1-17-16-19-8-7-11-22(19)24(4,18(17)2)21-12-14-23(3,15-13-21)20-9-5-6-10-20;;;/h5-6,9,11-14,19,22H,7-8,10,15-16H2,1-4H3;2*1H;/q-1;;;/p-2. The molecule has 148 valence electrons. The van der Waals surface area contributed by atoms with Gasteiger partial charge in [0.2, 0.25) is 0 Å². The van der Waals surface area contributed by atoms with Gasteiger partial charge in [0.1, 0.15) is 0 Å². The van der Waals surface area contributed by atoms with Gasteiger partial charge in [-0.1, -0.05) is 79.4 Å². The van der Waals surface area contributed by atoms with Crippen LogP contribution in [-0.4, -0.2) is 0 Å². The van der Waals surface area contributed by atoms with E-state index in [9.17, 15) is 0 Å². The van der Waals surface area contributed by atoms with Gasteiger partial charge in [-0.05, 0) is 44.1 Å². The quantitative estimate of drug-likeness (QED) is 0.278. The van der Waals surface area contributed by atoms with Crippen molar-refractivity contribution in [3.63, 3.8) is 0 Å². The zero-order chi connectivity index (χ0) is 16.9. The van der Waals surface area contributed by atoms with Crippen LogP contribution in [0.1, 0.15) is 59.8 Å². The molecule has 0 aromatic heterocycles. The van der Waals surface area contributed by atoms with Crippen molar-refractivity contribution in [2.45, 2.75) is 59.8 Å². The van der Waals surface area contributed by atoms with E-state index >= 15 is 0 Å². The minimum atomic E-state index is 0. The topological polar surface area (TPSA) is 0 Å². The van der Waals surface area contributed by atoms with E-state index in [0.717, 1.165) is 24.7 Å². The second-order valence-electron chi connectivity index (χ2n) is 8.85. The molecule has 4 rings (SSSR count). The van der Waals surface area contributed by atoms with Crippen LogP contribution in [-0.2, 0) is 25.8 Å². The maximum atomic E-state index is 2.63. The Labute approximate surface area is 182 Å². The summed E-state index contributed by atoms with van der Waals surface area (Å²) in [6.07, 6.45) is 23.2. The van der Waals surface area contributed by atoms with E-state index in [1.54, 1.807) is 22.3 Å². The molecule has 4 atom stereocenters. The predicted octanol–water partition coefficient (Wildman–Crippen LogP) is 0.748. The van der Waals surface area contributed by atoms with Gasteiger partial charge < -0.3 is 15.8 Å². The van der Waals surface area contributed by atoms with Crippen molar-refractivity contribution in [1.29, 1.82) is 0 Å². The van der Waals surface area contributed by atoms with Crippen LogP contribution in [0.4, 0.5) is 0 Å². The second kappa shape index (κ2) is 8.84. The molecule has 0 amide bonds. The van der Waals surface area contributed by atoms with Crippen LogP contribution in [0.15, 0.2) is 58.7 Å². The van der Waals surface area contributed by atoms with Gasteiger partial charge >= 0.3 is 0 Å². The molecule has 4 aliphatic carbocycles. The van der Waals surface area contributed by atoms with Gasteiger partial charge in [0, 0.05) is 31.3 Å². The molecule has 0 N–H and O–H groups in total. The Morgan fingerprint density at radius 2 is 1.89 bits per heavy atom. The van der Waals surface area contributed by atoms with Gasteiger partial charge in [0.15, 0.2) is 0 Å². The molecule has 4 unspecified atom stereocenters. The van der Waals surface area contributed by atoms with Crippen molar-refractivity contribution < 1.29 is 35.3 Å². The summed E-state index contributed by atoms with van der Waals surface area (Å²) in [7, 11) is 0.